The van der Waals surface area contributed by atoms with Crippen molar-refractivity contribution in [2.24, 2.45) is 0 Å². The molecule has 0 bridgehead atoms. The minimum atomic E-state index is -0.803. The Morgan fingerprint density at radius 1 is 0.280 bits per heavy atom. The van der Waals surface area contributed by atoms with Crippen LogP contribution in [0.15, 0.2) is 122 Å². The Kier molecular flexibility index (Phi) is 58.9. The number of esters is 3. The van der Waals surface area contributed by atoms with E-state index >= 15 is 0 Å². The molecule has 0 fully saturated rings. The highest BCUT2D eigenvalue weighted by atomic mass is 16.6. The average molecular weight is 1040 g/mol. The maximum atomic E-state index is 12.9. The topological polar surface area (TPSA) is 78.9 Å². The Balaban J connectivity index is 4.43. The molecule has 0 aliphatic rings. The molecule has 0 aromatic rings. The fourth-order valence-corrected chi connectivity index (χ4v) is 8.28. The normalized spacial score (nSPS) is 12.9. The smallest absolute Gasteiger partial charge is 0.306 e. The number of ether oxygens (including phenoxy) is 3. The van der Waals surface area contributed by atoms with E-state index in [0.29, 0.717) is 19.3 Å². The highest BCUT2D eigenvalue weighted by Gasteiger charge is 2.19. The monoisotopic (exact) mass is 1040 g/mol. The molecule has 1 unspecified atom stereocenters. The number of unbranched alkanes of at least 4 members (excludes halogenated alkanes) is 24. The van der Waals surface area contributed by atoms with Crippen LogP contribution in [0.4, 0.5) is 0 Å². The zero-order valence-corrected chi connectivity index (χ0v) is 48.8. The maximum absolute atomic E-state index is 12.9. The van der Waals surface area contributed by atoms with Crippen molar-refractivity contribution < 1.29 is 28.6 Å². The molecule has 0 saturated carbocycles. The molecule has 0 amide bonds. The van der Waals surface area contributed by atoms with Gasteiger partial charge in [0.1, 0.15) is 13.2 Å². The summed E-state index contributed by atoms with van der Waals surface area (Å²) in [6.07, 6.45) is 86.2. The maximum Gasteiger partial charge on any atom is 0.306 e. The number of hydrogen-bond acceptors (Lipinski definition) is 6. The average Bonchev–Trinajstić information content (AvgIpc) is 3.41. The van der Waals surface area contributed by atoms with E-state index in [0.717, 1.165) is 141 Å². The molecular weight excluding hydrogens is 925 g/mol. The van der Waals surface area contributed by atoms with Crippen LogP contribution in [-0.4, -0.2) is 37.2 Å². The fraction of sp³-hybridized carbons (Fsp3) is 0.667. The van der Waals surface area contributed by atoms with Crippen molar-refractivity contribution in [1.82, 2.24) is 0 Å². The van der Waals surface area contributed by atoms with Crippen molar-refractivity contribution in [3.05, 3.63) is 122 Å². The van der Waals surface area contributed by atoms with Gasteiger partial charge in [0.15, 0.2) is 6.10 Å². The van der Waals surface area contributed by atoms with Crippen LogP contribution < -0.4 is 0 Å². The highest BCUT2D eigenvalue weighted by molar-refractivity contribution is 5.71. The summed E-state index contributed by atoms with van der Waals surface area (Å²) in [6, 6.07) is 0. The van der Waals surface area contributed by atoms with Gasteiger partial charge in [0, 0.05) is 19.3 Å². The first kappa shape index (κ1) is 70.8. The van der Waals surface area contributed by atoms with E-state index in [1.165, 1.54) is 96.3 Å². The molecule has 0 spiro atoms. The largest absolute Gasteiger partial charge is 0.462 e. The van der Waals surface area contributed by atoms with Crippen LogP contribution in [0.1, 0.15) is 278 Å². The number of carbonyl (C=O) groups is 3. The van der Waals surface area contributed by atoms with E-state index in [1.54, 1.807) is 0 Å². The van der Waals surface area contributed by atoms with Gasteiger partial charge in [0.2, 0.25) is 0 Å². The van der Waals surface area contributed by atoms with Crippen LogP contribution in [0.2, 0.25) is 0 Å². The lowest BCUT2D eigenvalue weighted by Gasteiger charge is -2.18. The van der Waals surface area contributed by atoms with Crippen molar-refractivity contribution in [3.8, 4) is 0 Å². The Labute approximate surface area is 462 Å². The van der Waals surface area contributed by atoms with Crippen LogP contribution in [-0.2, 0) is 28.6 Å². The van der Waals surface area contributed by atoms with E-state index in [4.69, 9.17) is 14.2 Å². The first-order valence-electron chi connectivity index (χ1n) is 31.0. The molecular formula is C69H114O6. The minimum Gasteiger partial charge on any atom is -0.462 e. The summed E-state index contributed by atoms with van der Waals surface area (Å²) in [5.74, 6) is -0.946. The van der Waals surface area contributed by atoms with Crippen LogP contribution in [0.5, 0.6) is 0 Å². The molecule has 0 N–H and O–H groups in total. The third kappa shape index (κ3) is 60.6. The molecule has 1 atom stereocenters. The molecule has 0 aromatic carbocycles. The van der Waals surface area contributed by atoms with E-state index in [9.17, 15) is 14.4 Å². The second-order valence-electron chi connectivity index (χ2n) is 20.2. The summed E-state index contributed by atoms with van der Waals surface area (Å²) in [5, 5.41) is 0. The van der Waals surface area contributed by atoms with Gasteiger partial charge in [0.25, 0.3) is 0 Å². The first-order chi connectivity index (χ1) is 37.0. The van der Waals surface area contributed by atoms with Crippen molar-refractivity contribution in [3.63, 3.8) is 0 Å². The molecule has 0 radical (unpaired) electrons. The van der Waals surface area contributed by atoms with Gasteiger partial charge in [-0.05, 0) is 128 Å². The van der Waals surface area contributed by atoms with Gasteiger partial charge in [-0.3, -0.25) is 14.4 Å². The van der Waals surface area contributed by atoms with E-state index in [1.807, 2.05) is 0 Å². The van der Waals surface area contributed by atoms with Crippen LogP contribution >= 0.6 is 0 Å². The molecule has 0 rings (SSSR count). The lowest BCUT2D eigenvalue weighted by molar-refractivity contribution is -0.167. The van der Waals surface area contributed by atoms with Crippen molar-refractivity contribution >= 4 is 17.9 Å². The number of carbonyl (C=O) groups excluding carboxylic acids is 3. The lowest BCUT2D eigenvalue weighted by atomic mass is 10.1. The molecule has 6 heteroatoms. The van der Waals surface area contributed by atoms with Crippen LogP contribution in [0, 0.1) is 0 Å². The Hall–Kier alpha value is -4.19. The van der Waals surface area contributed by atoms with Gasteiger partial charge in [-0.15, -0.1) is 0 Å². The van der Waals surface area contributed by atoms with Crippen molar-refractivity contribution in [2.75, 3.05) is 13.2 Å². The molecule has 0 aliphatic heterocycles. The molecule has 0 heterocycles. The summed E-state index contributed by atoms with van der Waals surface area (Å²) in [7, 11) is 0. The van der Waals surface area contributed by atoms with Gasteiger partial charge >= 0.3 is 17.9 Å². The van der Waals surface area contributed by atoms with E-state index in [-0.39, 0.29) is 31.1 Å². The molecule has 0 aromatic heterocycles. The van der Waals surface area contributed by atoms with Crippen LogP contribution in [0.25, 0.3) is 0 Å². The predicted molar refractivity (Wildman–Crippen MR) is 325 cm³/mol. The zero-order chi connectivity index (χ0) is 54.3. The van der Waals surface area contributed by atoms with Crippen molar-refractivity contribution in [1.29, 1.82) is 0 Å². The van der Waals surface area contributed by atoms with Gasteiger partial charge in [-0.25, -0.2) is 0 Å². The number of hydrogen-bond donors (Lipinski definition) is 0. The fourth-order valence-electron chi connectivity index (χ4n) is 8.28. The highest BCUT2D eigenvalue weighted by Crippen LogP contribution is 2.15. The summed E-state index contributed by atoms with van der Waals surface area (Å²) < 4.78 is 16.9. The Bertz CT molecular complexity index is 1570. The third-order valence-corrected chi connectivity index (χ3v) is 12.9. The SMILES string of the molecule is CC/C=C\C/C=C\C/C=C\C/C=C\C/C=C\C/C=C\C/C=C\CCCCCC(=O)OCC(COC(=O)CCCCCCC/C=C\C/C=C\CCC)OC(=O)CCCCCCCCCCC/C=C\CCCCCCCC. The number of allylic oxidation sites excluding steroid dienone is 20. The molecule has 0 saturated heterocycles. The lowest BCUT2D eigenvalue weighted by Crippen LogP contribution is -2.30. The van der Waals surface area contributed by atoms with Gasteiger partial charge in [-0.1, -0.05) is 251 Å². The second-order valence-corrected chi connectivity index (χ2v) is 20.2. The van der Waals surface area contributed by atoms with Crippen molar-refractivity contribution in [2.45, 2.75) is 284 Å². The first-order valence-corrected chi connectivity index (χ1v) is 31.0. The van der Waals surface area contributed by atoms with E-state index in [2.05, 4.69) is 142 Å². The zero-order valence-electron chi connectivity index (χ0n) is 48.8. The van der Waals surface area contributed by atoms with Gasteiger partial charge < -0.3 is 14.2 Å². The molecule has 6 nitrogen and oxygen atoms in total. The van der Waals surface area contributed by atoms with Gasteiger partial charge in [0.05, 0.1) is 0 Å². The predicted octanol–water partition coefficient (Wildman–Crippen LogP) is 21.2. The van der Waals surface area contributed by atoms with E-state index < -0.39 is 6.10 Å². The Morgan fingerprint density at radius 2 is 0.547 bits per heavy atom. The summed E-state index contributed by atoms with van der Waals surface area (Å²) in [4.78, 5) is 38.3. The summed E-state index contributed by atoms with van der Waals surface area (Å²) in [6.45, 7) is 6.42. The summed E-state index contributed by atoms with van der Waals surface area (Å²) >= 11 is 0. The Morgan fingerprint density at radius 3 is 0.893 bits per heavy atom. The van der Waals surface area contributed by atoms with Gasteiger partial charge in [-0.2, -0.15) is 0 Å². The summed E-state index contributed by atoms with van der Waals surface area (Å²) in [5.41, 5.74) is 0. The van der Waals surface area contributed by atoms with Crippen LogP contribution in [0.3, 0.4) is 0 Å². The molecule has 426 valence electrons. The quantitative estimate of drug-likeness (QED) is 0.0261. The minimum absolute atomic E-state index is 0.0990. The standard InChI is InChI=1S/C69H114O6/c1-4-7-10-13-16-19-22-25-27-29-31-32-33-34-35-36-38-39-41-44-47-50-53-56-59-62-68(71)74-65-66(64-73-67(70)61-58-55-52-49-46-43-24-21-18-15-12-9-6-3)75-69(72)63-60-57-54-51-48-45-42-40-37-30-28-26-23-20-17-14-11-8-5-2/h7,10,12,15-16,19,21,24-28,31-32,34-35,38-39,44,47,66H,4-6,8-9,11,13-14,17-18,20,22-23,29-30,33,36-37,40-43,45-46,48-65H2,1-3H3/b10-7-,15-12-,19-16-,24-21-,27-25-,28-26-,32-31-,35-34-,39-38-,47-44-. The molecule has 75 heavy (non-hydrogen) atoms. The third-order valence-electron chi connectivity index (χ3n) is 12.9. The molecule has 0 aliphatic carbocycles. The second kappa shape index (κ2) is 62.4. The number of rotatable bonds is 55.